The van der Waals surface area contributed by atoms with Crippen molar-refractivity contribution >= 4 is 21.6 Å². The Morgan fingerprint density at radius 3 is 2.54 bits per heavy atom. The number of fused-ring (bicyclic) bond motifs is 1. The molecule has 1 aromatic carbocycles. The Bertz CT molecular complexity index is 927. The molecule has 0 saturated heterocycles. The second-order valence-corrected chi connectivity index (χ2v) is 8.69. The van der Waals surface area contributed by atoms with Gasteiger partial charge in [0.2, 0.25) is 5.91 Å². The minimum atomic E-state index is -3.18. The predicted molar refractivity (Wildman–Crippen MR) is 92.8 cm³/mol. The zero-order valence-electron chi connectivity index (χ0n) is 14.3. The molecule has 0 unspecified atom stereocenters. The molecular formula is C17H21N3O3S. The van der Waals surface area contributed by atoms with Gasteiger partial charge in [-0.25, -0.2) is 13.1 Å². The van der Waals surface area contributed by atoms with Gasteiger partial charge in [0, 0.05) is 11.5 Å². The molecule has 0 bridgehead atoms. The molecule has 7 heteroatoms. The van der Waals surface area contributed by atoms with Crippen LogP contribution in [0.3, 0.4) is 0 Å². The highest BCUT2D eigenvalue weighted by atomic mass is 32.2. The number of amides is 1. The second-order valence-electron chi connectivity index (χ2n) is 6.63. The van der Waals surface area contributed by atoms with Crippen LogP contribution in [0.5, 0.6) is 0 Å². The summed E-state index contributed by atoms with van der Waals surface area (Å²) >= 11 is 0. The third-order valence-electron chi connectivity index (χ3n) is 4.29. The zero-order chi connectivity index (χ0) is 17.6. The molecule has 0 atom stereocenters. The van der Waals surface area contributed by atoms with Crippen molar-refractivity contribution in [2.24, 2.45) is 5.92 Å². The van der Waals surface area contributed by atoms with E-state index in [1.165, 1.54) is 0 Å². The molecule has 0 saturated carbocycles. The number of aromatic nitrogens is 2. The van der Waals surface area contributed by atoms with E-state index in [9.17, 15) is 13.2 Å². The molecule has 0 radical (unpaired) electrons. The van der Waals surface area contributed by atoms with Crippen LogP contribution in [0.25, 0.3) is 5.69 Å². The maximum Gasteiger partial charge on any atom is 0.228 e. The van der Waals surface area contributed by atoms with Gasteiger partial charge in [0.05, 0.1) is 22.9 Å². The van der Waals surface area contributed by atoms with Crippen LogP contribution in [0.1, 0.15) is 36.2 Å². The fraction of sp³-hybridized carbons (Fsp3) is 0.412. The summed E-state index contributed by atoms with van der Waals surface area (Å²) in [5.41, 5.74) is 4.20. The number of aryl methyl sites for hydroxylation is 2. The van der Waals surface area contributed by atoms with Crippen molar-refractivity contribution in [3.63, 3.8) is 0 Å². The van der Waals surface area contributed by atoms with Crippen molar-refractivity contribution in [1.82, 2.24) is 9.78 Å². The number of sulfone groups is 1. The fourth-order valence-corrected chi connectivity index (χ4v) is 4.17. The van der Waals surface area contributed by atoms with Gasteiger partial charge in [0.1, 0.15) is 5.82 Å². The van der Waals surface area contributed by atoms with E-state index in [0.717, 1.165) is 16.8 Å². The largest absolute Gasteiger partial charge is 0.310 e. The highest BCUT2D eigenvalue weighted by Gasteiger charge is 2.33. The Labute approximate surface area is 141 Å². The van der Waals surface area contributed by atoms with Gasteiger partial charge in [0.15, 0.2) is 9.84 Å². The molecular weight excluding hydrogens is 326 g/mol. The standard InChI is InChI=1S/C17H21N3O3S/c1-10(2)17(21)18-16-14-8-24(22,23)9-15(14)19-20(16)13-6-5-11(3)12(4)7-13/h5-7,10H,8-9H2,1-4H3,(H,18,21). The lowest BCUT2D eigenvalue weighted by molar-refractivity contribution is -0.118. The molecule has 1 aliphatic heterocycles. The van der Waals surface area contributed by atoms with Crippen LogP contribution in [0.15, 0.2) is 18.2 Å². The van der Waals surface area contributed by atoms with E-state index < -0.39 is 9.84 Å². The summed E-state index contributed by atoms with van der Waals surface area (Å²) in [4.78, 5) is 12.2. The number of benzene rings is 1. The Morgan fingerprint density at radius 1 is 1.21 bits per heavy atom. The molecule has 1 amide bonds. The van der Waals surface area contributed by atoms with Gasteiger partial charge in [-0.05, 0) is 37.1 Å². The Kier molecular flexibility index (Phi) is 3.99. The SMILES string of the molecule is Cc1ccc(-n2nc3c(c2NC(=O)C(C)C)CS(=O)(=O)C3)cc1C. The summed E-state index contributed by atoms with van der Waals surface area (Å²) in [6.45, 7) is 7.62. The van der Waals surface area contributed by atoms with E-state index in [4.69, 9.17) is 0 Å². The number of hydrogen-bond acceptors (Lipinski definition) is 4. The van der Waals surface area contributed by atoms with Gasteiger partial charge in [-0.1, -0.05) is 19.9 Å². The Balaban J connectivity index is 2.13. The first-order chi connectivity index (χ1) is 11.2. The summed E-state index contributed by atoms with van der Waals surface area (Å²) in [6, 6.07) is 5.89. The van der Waals surface area contributed by atoms with Gasteiger partial charge in [-0.15, -0.1) is 0 Å². The fourth-order valence-electron chi connectivity index (χ4n) is 2.68. The van der Waals surface area contributed by atoms with Crippen LogP contribution in [0.4, 0.5) is 5.82 Å². The van der Waals surface area contributed by atoms with Gasteiger partial charge < -0.3 is 5.32 Å². The van der Waals surface area contributed by atoms with Crippen molar-refractivity contribution in [1.29, 1.82) is 0 Å². The van der Waals surface area contributed by atoms with E-state index in [1.807, 2.05) is 32.0 Å². The third-order valence-corrected chi connectivity index (χ3v) is 5.73. The summed E-state index contributed by atoms with van der Waals surface area (Å²) in [7, 11) is -3.18. The van der Waals surface area contributed by atoms with Crippen LogP contribution < -0.4 is 5.32 Å². The number of carbonyl (C=O) groups is 1. The maximum atomic E-state index is 12.2. The molecule has 0 spiro atoms. The van der Waals surface area contributed by atoms with E-state index in [2.05, 4.69) is 10.4 Å². The number of nitrogens with zero attached hydrogens (tertiary/aromatic N) is 2. The molecule has 2 aromatic rings. The van der Waals surface area contributed by atoms with E-state index in [1.54, 1.807) is 18.5 Å². The average molecular weight is 347 g/mol. The second kappa shape index (κ2) is 5.73. The topological polar surface area (TPSA) is 81.1 Å². The van der Waals surface area contributed by atoms with Crippen molar-refractivity contribution in [3.8, 4) is 5.69 Å². The predicted octanol–water partition coefficient (Wildman–Crippen LogP) is 2.51. The van der Waals surface area contributed by atoms with Crippen LogP contribution >= 0.6 is 0 Å². The summed E-state index contributed by atoms with van der Waals surface area (Å²) < 4.78 is 25.5. The molecule has 3 rings (SSSR count). The highest BCUT2D eigenvalue weighted by Crippen LogP contribution is 2.33. The molecule has 128 valence electrons. The lowest BCUT2D eigenvalue weighted by Gasteiger charge is -2.13. The normalized spacial score (nSPS) is 15.5. The Morgan fingerprint density at radius 2 is 1.92 bits per heavy atom. The monoisotopic (exact) mass is 347 g/mol. The number of nitrogens with one attached hydrogen (secondary N) is 1. The van der Waals surface area contributed by atoms with Crippen LogP contribution in [0, 0.1) is 19.8 Å². The summed E-state index contributed by atoms with van der Waals surface area (Å²) in [5, 5.41) is 7.32. The molecule has 24 heavy (non-hydrogen) atoms. The first kappa shape index (κ1) is 16.7. The number of rotatable bonds is 3. The highest BCUT2D eigenvalue weighted by molar-refractivity contribution is 7.90. The molecule has 0 fully saturated rings. The van der Waals surface area contributed by atoms with Crippen molar-refractivity contribution in [2.45, 2.75) is 39.2 Å². The summed E-state index contributed by atoms with van der Waals surface area (Å²) in [6.07, 6.45) is 0. The minimum absolute atomic E-state index is 0.0786. The van der Waals surface area contributed by atoms with E-state index in [-0.39, 0.29) is 23.3 Å². The van der Waals surface area contributed by atoms with Crippen molar-refractivity contribution in [3.05, 3.63) is 40.6 Å². The number of anilines is 1. The first-order valence-electron chi connectivity index (χ1n) is 7.87. The summed E-state index contributed by atoms with van der Waals surface area (Å²) in [5.74, 6) is -0.0621. The average Bonchev–Trinajstić information content (AvgIpc) is 2.95. The van der Waals surface area contributed by atoms with Gasteiger partial charge in [-0.3, -0.25) is 4.79 Å². The maximum absolute atomic E-state index is 12.2. The van der Waals surface area contributed by atoms with Crippen LogP contribution in [-0.2, 0) is 26.1 Å². The van der Waals surface area contributed by atoms with Gasteiger partial charge in [0.25, 0.3) is 0 Å². The van der Waals surface area contributed by atoms with Crippen LogP contribution in [0.2, 0.25) is 0 Å². The van der Waals surface area contributed by atoms with Crippen LogP contribution in [-0.4, -0.2) is 24.1 Å². The first-order valence-corrected chi connectivity index (χ1v) is 9.70. The molecule has 6 nitrogen and oxygen atoms in total. The zero-order valence-corrected chi connectivity index (χ0v) is 15.1. The Hall–Kier alpha value is -2.15. The van der Waals surface area contributed by atoms with E-state index in [0.29, 0.717) is 17.1 Å². The van der Waals surface area contributed by atoms with Gasteiger partial charge in [-0.2, -0.15) is 5.10 Å². The number of carbonyl (C=O) groups excluding carboxylic acids is 1. The minimum Gasteiger partial charge on any atom is -0.310 e. The lowest BCUT2D eigenvalue weighted by Crippen LogP contribution is -2.21. The molecule has 1 N–H and O–H groups in total. The molecule has 1 aliphatic rings. The smallest absolute Gasteiger partial charge is 0.228 e. The van der Waals surface area contributed by atoms with E-state index >= 15 is 0 Å². The lowest BCUT2D eigenvalue weighted by atomic mass is 10.1. The van der Waals surface area contributed by atoms with Gasteiger partial charge >= 0.3 is 0 Å². The number of hydrogen-bond donors (Lipinski definition) is 1. The molecule has 1 aromatic heterocycles. The molecule has 0 aliphatic carbocycles. The quantitative estimate of drug-likeness (QED) is 0.925. The van der Waals surface area contributed by atoms with Crippen molar-refractivity contribution in [2.75, 3.05) is 5.32 Å². The third kappa shape index (κ3) is 2.96. The molecule has 2 heterocycles. The van der Waals surface area contributed by atoms with Crippen molar-refractivity contribution < 1.29 is 13.2 Å².